The number of carbonyl (C=O) groups is 1. The van der Waals surface area contributed by atoms with E-state index in [1.807, 2.05) is 30.3 Å². The molecule has 0 saturated carbocycles. The summed E-state index contributed by atoms with van der Waals surface area (Å²) >= 11 is 3.75. The molecule has 0 unspecified atom stereocenters. The fourth-order valence-corrected chi connectivity index (χ4v) is 3.61. The number of anilines is 1. The van der Waals surface area contributed by atoms with Crippen LogP contribution in [0.1, 0.15) is 35.7 Å². The molecule has 0 bridgehead atoms. The van der Waals surface area contributed by atoms with E-state index in [4.69, 9.17) is 0 Å². The summed E-state index contributed by atoms with van der Waals surface area (Å²) in [5, 5.41) is 3.55. The Morgan fingerprint density at radius 2 is 2.00 bits per heavy atom. The van der Waals surface area contributed by atoms with Gasteiger partial charge in [-0.25, -0.2) is 4.98 Å². The summed E-state index contributed by atoms with van der Waals surface area (Å²) in [5.41, 5.74) is 2.92. The second-order valence-electron chi connectivity index (χ2n) is 5.39. The van der Waals surface area contributed by atoms with Gasteiger partial charge in [-0.1, -0.05) is 30.7 Å². The number of aromatic nitrogens is 1. The molecule has 3 aromatic rings. The van der Waals surface area contributed by atoms with Crippen LogP contribution in [0.5, 0.6) is 0 Å². The molecule has 1 aromatic heterocycles. The lowest BCUT2D eigenvalue weighted by Crippen LogP contribution is -2.11. The normalized spacial score (nSPS) is 10.9. The molecule has 0 aliphatic rings. The first kappa shape index (κ1) is 16.4. The SMILES string of the molecule is CCCCc1ccc2nc(NC(=O)c3ccc(I)cc3)sc2c1. The molecule has 118 valence electrons. The van der Waals surface area contributed by atoms with E-state index in [1.165, 1.54) is 29.7 Å². The molecule has 3 rings (SSSR count). The quantitative estimate of drug-likeness (QED) is 0.537. The molecule has 0 aliphatic carbocycles. The second kappa shape index (κ2) is 7.40. The third-order valence-corrected chi connectivity index (χ3v) is 5.25. The summed E-state index contributed by atoms with van der Waals surface area (Å²) < 4.78 is 2.23. The van der Waals surface area contributed by atoms with Crippen molar-refractivity contribution in [2.45, 2.75) is 26.2 Å². The Morgan fingerprint density at radius 3 is 2.74 bits per heavy atom. The molecule has 1 amide bonds. The fourth-order valence-electron chi connectivity index (χ4n) is 2.33. The molecule has 1 heterocycles. The standard InChI is InChI=1S/C18H17IN2OS/c1-2-3-4-12-5-10-15-16(11-12)23-18(20-15)21-17(22)13-6-8-14(19)9-7-13/h5-11H,2-4H2,1H3,(H,20,21,22). The van der Waals surface area contributed by atoms with Gasteiger partial charge in [0, 0.05) is 9.13 Å². The molecule has 2 aromatic carbocycles. The Labute approximate surface area is 153 Å². The Kier molecular flexibility index (Phi) is 5.27. The zero-order valence-electron chi connectivity index (χ0n) is 12.8. The molecule has 0 radical (unpaired) electrons. The number of carbonyl (C=O) groups excluding carboxylic acids is 1. The van der Waals surface area contributed by atoms with Crippen molar-refractivity contribution in [2.75, 3.05) is 5.32 Å². The average molecular weight is 436 g/mol. The van der Waals surface area contributed by atoms with Crippen molar-refractivity contribution >= 4 is 55.2 Å². The highest BCUT2D eigenvalue weighted by molar-refractivity contribution is 14.1. The van der Waals surface area contributed by atoms with Crippen molar-refractivity contribution in [3.05, 3.63) is 57.2 Å². The Hall–Kier alpha value is -1.47. The molecular weight excluding hydrogens is 419 g/mol. The van der Waals surface area contributed by atoms with Gasteiger partial charge in [-0.2, -0.15) is 0 Å². The number of amides is 1. The van der Waals surface area contributed by atoms with Gasteiger partial charge in [0.15, 0.2) is 5.13 Å². The van der Waals surface area contributed by atoms with Crippen molar-refractivity contribution in [1.82, 2.24) is 4.98 Å². The fraction of sp³-hybridized carbons (Fsp3) is 0.222. The topological polar surface area (TPSA) is 42.0 Å². The van der Waals surface area contributed by atoms with Crippen LogP contribution in [0.25, 0.3) is 10.2 Å². The van der Waals surface area contributed by atoms with Crippen molar-refractivity contribution in [2.24, 2.45) is 0 Å². The van der Waals surface area contributed by atoms with Crippen LogP contribution in [-0.4, -0.2) is 10.9 Å². The summed E-state index contributed by atoms with van der Waals surface area (Å²) in [5.74, 6) is -0.119. The highest BCUT2D eigenvalue weighted by Crippen LogP contribution is 2.27. The van der Waals surface area contributed by atoms with Crippen LogP contribution in [0.2, 0.25) is 0 Å². The number of fused-ring (bicyclic) bond motifs is 1. The average Bonchev–Trinajstić information content (AvgIpc) is 2.94. The van der Waals surface area contributed by atoms with E-state index >= 15 is 0 Å². The minimum Gasteiger partial charge on any atom is -0.298 e. The monoisotopic (exact) mass is 436 g/mol. The van der Waals surface area contributed by atoms with Gasteiger partial charge in [0.2, 0.25) is 0 Å². The summed E-state index contributed by atoms with van der Waals surface area (Å²) in [6, 6.07) is 13.9. The van der Waals surface area contributed by atoms with E-state index < -0.39 is 0 Å². The first-order valence-electron chi connectivity index (χ1n) is 7.62. The maximum atomic E-state index is 12.3. The molecule has 0 fully saturated rings. The number of aryl methyl sites for hydroxylation is 1. The zero-order chi connectivity index (χ0) is 16.2. The summed E-state index contributed by atoms with van der Waals surface area (Å²) in [6.45, 7) is 2.20. The highest BCUT2D eigenvalue weighted by Gasteiger charge is 2.10. The predicted octanol–water partition coefficient (Wildman–Crippen LogP) is 5.50. The smallest absolute Gasteiger partial charge is 0.257 e. The van der Waals surface area contributed by atoms with Gasteiger partial charge in [0.25, 0.3) is 5.91 Å². The molecule has 0 saturated heterocycles. The number of unbranched alkanes of at least 4 members (excludes halogenated alkanes) is 1. The number of hydrogen-bond donors (Lipinski definition) is 1. The molecule has 5 heteroatoms. The molecule has 1 N–H and O–H groups in total. The van der Waals surface area contributed by atoms with Crippen LogP contribution in [0, 0.1) is 3.57 Å². The number of nitrogens with one attached hydrogen (secondary N) is 1. The lowest BCUT2D eigenvalue weighted by atomic mass is 10.1. The van der Waals surface area contributed by atoms with E-state index in [1.54, 1.807) is 0 Å². The molecule has 0 spiro atoms. The number of rotatable bonds is 5. The van der Waals surface area contributed by atoms with Gasteiger partial charge < -0.3 is 0 Å². The Balaban J connectivity index is 1.77. The van der Waals surface area contributed by atoms with Crippen LogP contribution >= 0.6 is 33.9 Å². The van der Waals surface area contributed by atoms with E-state index in [0.717, 1.165) is 20.2 Å². The highest BCUT2D eigenvalue weighted by atomic mass is 127. The maximum absolute atomic E-state index is 12.3. The van der Waals surface area contributed by atoms with E-state index in [2.05, 4.69) is 51.9 Å². The Morgan fingerprint density at radius 1 is 1.22 bits per heavy atom. The van der Waals surface area contributed by atoms with Crippen molar-refractivity contribution in [3.8, 4) is 0 Å². The van der Waals surface area contributed by atoms with Gasteiger partial charge in [-0.3, -0.25) is 10.1 Å². The lowest BCUT2D eigenvalue weighted by molar-refractivity contribution is 0.102. The van der Waals surface area contributed by atoms with Gasteiger partial charge >= 0.3 is 0 Å². The van der Waals surface area contributed by atoms with Crippen LogP contribution < -0.4 is 5.32 Å². The third-order valence-electron chi connectivity index (χ3n) is 3.60. The summed E-state index contributed by atoms with van der Waals surface area (Å²) in [6.07, 6.45) is 3.48. The first-order valence-corrected chi connectivity index (χ1v) is 9.51. The van der Waals surface area contributed by atoms with Crippen LogP contribution in [0.15, 0.2) is 42.5 Å². The Bertz CT molecular complexity index is 827. The van der Waals surface area contributed by atoms with Crippen LogP contribution in [0.4, 0.5) is 5.13 Å². The number of benzene rings is 2. The van der Waals surface area contributed by atoms with E-state index in [0.29, 0.717) is 10.7 Å². The van der Waals surface area contributed by atoms with Crippen molar-refractivity contribution in [3.63, 3.8) is 0 Å². The van der Waals surface area contributed by atoms with Crippen molar-refractivity contribution in [1.29, 1.82) is 0 Å². The predicted molar refractivity (Wildman–Crippen MR) is 105 cm³/mol. The maximum Gasteiger partial charge on any atom is 0.257 e. The number of nitrogens with zero attached hydrogens (tertiary/aromatic N) is 1. The van der Waals surface area contributed by atoms with Crippen molar-refractivity contribution < 1.29 is 4.79 Å². The van der Waals surface area contributed by atoms with Gasteiger partial charge in [0.05, 0.1) is 10.2 Å². The number of thiazole rings is 1. The minimum atomic E-state index is -0.119. The third kappa shape index (κ3) is 4.09. The molecule has 23 heavy (non-hydrogen) atoms. The van der Waals surface area contributed by atoms with Gasteiger partial charge in [-0.15, -0.1) is 0 Å². The van der Waals surface area contributed by atoms with Crippen LogP contribution in [-0.2, 0) is 6.42 Å². The number of halogens is 1. The second-order valence-corrected chi connectivity index (χ2v) is 7.66. The van der Waals surface area contributed by atoms with E-state index in [-0.39, 0.29) is 5.91 Å². The van der Waals surface area contributed by atoms with Gasteiger partial charge in [0.1, 0.15) is 0 Å². The summed E-state index contributed by atoms with van der Waals surface area (Å²) in [4.78, 5) is 16.8. The lowest BCUT2D eigenvalue weighted by Gasteiger charge is -2.01. The molecule has 0 atom stereocenters. The van der Waals surface area contributed by atoms with E-state index in [9.17, 15) is 4.79 Å². The molecular formula is C18H17IN2OS. The minimum absolute atomic E-state index is 0.119. The largest absolute Gasteiger partial charge is 0.298 e. The first-order chi connectivity index (χ1) is 11.2. The van der Waals surface area contributed by atoms with Crippen LogP contribution in [0.3, 0.4) is 0 Å². The van der Waals surface area contributed by atoms with Gasteiger partial charge in [-0.05, 0) is 77.4 Å². The molecule has 0 aliphatic heterocycles. The molecule has 3 nitrogen and oxygen atoms in total. The number of hydrogen-bond acceptors (Lipinski definition) is 3. The zero-order valence-corrected chi connectivity index (χ0v) is 15.8. The summed E-state index contributed by atoms with van der Waals surface area (Å²) in [7, 11) is 0.